The molecule has 0 bridgehead atoms. The molecular weight excluding hydrogens is 616 g/mol. The van der Waals surface area contributed by atoms with Crippen molar-refractivity contribution >= 4 is 23.0 Å². The lowest BCUT2D eigenvalue weighted by Crippen LogP contribution is -2.60. The minimum atomic E-state index is -1.99. The second kappa shape index (κ2) is 12.4. The maximum Gasteiger partial charge on any atom is 0.330 e. The Hall–Kier alpha value is -5.68. The largest absolute Gasteiger partial charge is 0.504 e. The van der Waals surface area contributed by atoms with E-state index in [2.05, 4.69) is 0 Å². The normalized spacial score (nSPS) is 21.4. The number of carbonyl (C=O) groups is 1. The molecule has 46 heavy (non-hydrogen) atoms. The summed E-state index contributed by atoms with van der Waals surface area (Å²) in [4.78, 5) is 25.2. The Morgan fingerprint density at radius 2 is 1.46 bits per heavy atom. The number of aromatic hydroxyl groups is 7. The van der Waals surface area contributed by atoms with Crippen LogP contribution < -0.4 is 10.2 Å². The molecule has 1 aliphatic rings. The van der Waals surface area contributed by atoms with E-state index in [4.69, 9.17) is 18.6 Å². The number of ether oxygens (including phenoxy) is 3. The van der Waals surface area contributed by atoms with Gasteiger partial charge in [-0.1, -0.05) is 6.07 Å². The third-order valence-electron chi connectivity index (χ3n) is 7.01. The van der Waals surface area contributed by atoms with Crippen molar-refractivity contribution in [2.45, 2.75) is 30.7 Å². The van der Waals surface area contributed by atoms with Crippen molar-refractivity contribution in [3.63, 3.8) is 0 Å². The minimum Gasteiger partial charge on any atom is -0.504 e. The van der Waals surface area contributed by atoms with Crippen LogP contribution in [0, 0.1) is 0 Å². The highest BCUT2D eigenvalue weighted by atomic mass is 16.7. The number of phenolic OH excluding ortho intramolecular Hbond substituents is 6. The van der Waals surface area contributed by atoms with Crippen LogP contribution in [0.5, 0.6) is 46.0 Å². The topological polar surface area (TPSA) is 277 Å². The van der Waals surface area contributed by atoms with Crippen molar-refractivity contribution in [1.82, 2.24) is 0 Å². The van der Waals surface area contributed by atoms with Gasteiger partial charge in [-0.3, -0.25) is 4.79 Å². The number of hydrogen-bond donors (Lipinski definition) is 10. The summed E-state index contributed by atoms with van der Waals surface area (Å²) < 4.78 is 21.4. The van der Waals surface area contributed by atoms with Crippen molar-refractivity contribution in [2.24, 2.45) is 0 Å². The molecule has 10 N–H and O–H groups in total. The molecule has 0 aliphatic carbocycles. The van der Waals surface area contributed by atoms with Gasteiger partial charge in [0.2, 0.25) is 23.2 Å². The Morgan fingerprint density at radius 1 is 0.783 bits per heavy atom. The van der Waals surface area contributed by atoms with Crippen molar-refractivity contribution in [3.8, 4) is 57.3 Å². The maximum absolute atomic E-state index is 13.0. The Kier molecular flexibility index (Phi) is 8.53. The van der Waals surface area contributed by atoms with Crippen LogP contribution in [-0.2, 0) is 14.3 Å². The van der Waals surface area contributed by atoms with Crippen LogP contribution in [0.25, 0.3) is 28.4 Å². The van der Waals surface area contributed by atoms with E-state index in [0.717, 1.165) is 24.3 Å². The number of benzene rings is 3. The Bertz CT molecular complexity index is 1900. The zero-order chi connectivity index (χ0) is 33.4. The van der Waals surface area contributed by atoms with Gasteiger partial charge in [-0.25, -0.2) is 4.79 Å². The van der Waals surface area contributed by atoms with Gasteiger partial charge in [-0.15, -0.1) is 0 Å². The molecule has 5 atom stereocenters. The van der Waals surface area contributed by atoms with E-state index < -0.39 is 106 Å². The predicted octanol–water partition coefficient (Wildman–Crippen LogP) is 0.842. The molecule has 0 amide bonds. The van der Waals surface area contributed by atoms with E-state index in [-0.39, 0.29) is 11.3 Å². The fourth-order valence-electron chi connectivity index (χ4n) is 4.56. The van der Waals surface area contributed by atoms with Crippen LogP contribution >= 0.6 is 0 Å². The zero-order valence-corrected chi connectivity index (χ0v) is 23.2. The molecule has 1 fully saturated rings. The van der Waals surface area contributed by atoms with E-state index in [1.165, 1.54) is 30.3 Å². The van der Waals surface area contributed by atoms with Crippen LogP contribution in [0.4, 0.5) is 0 Å². The predicted molar refractivity (Wildman–Crippen MR) is 153 cm³/mol. The van der Waals surface area contributed by atoms with E-state index in [1.54, 1.807) is 0 Å². The lowest BCUT2D eigenvalue weighted by atomic mass is 9.99. The Balaban J connectivity index is 1.36. The Labute approximate surface area is 256 Å². The number of aliphatic hydroxyl groups is 3. The lowest BCUT2D eigenvalue weighted by molar-refractivity contribution is -0.278. The average Bonchev–Trinajstić information content (AvgIpc) is 3.02. The molecule has 16 nitrogen and oxygen atoms in total. The second-order valence-corrected chi connectivity index (χ2v) is 10.1. The van der Waals surface area contributed by atoms with Crippen LogP contribution in [-0.4, -0.2) is 94.3 Å². The first-order valence-corrected chi connectivity index (χ1v) is 13.3. The standard InChI is InChI=1S/C30H26O16/c31-13-4-1-11(7-15(13)33)2-6-20(36)43-10-19-22(37)25(40)27(42)30(45-19)46-29-17(35)9-18-21(24(29)39)23(38)26(41)28(44-18)12-3-5-14(32)16(34)8-12/h1-9,19,22,25,27,30-35,37,39-42H,10H2/t19-,22-,25+,27-,30+/m1/s1. The summed E-state index contributed by atoms with van der Waals surface area (Å²) in [7, 11) is 0. The molecule has 5 rings (SSSR count). The monoisotopic (exact) mass is 642 g/mol. The number of phenols is 6. The summed E-state index contributed by atoms with van der Waals surface area (Å²) >= 11 is 0. The van der Waals surface area contributed by atoms with Gasteiger partial charge >= 0.3 is 5.97 Å². The zero-order valence-electron chi connectivity index (χ0n) is 23.2. The molecule has 0 spiro atoms. The van der Waals surface area contributed by atoms with Gasteiger partial charge in [0.05, 0.1) is 0 Å². The quantitative estimate of drug-likeness (QED) is 0.0759. The Morgan fingerprint density at radius 3 is 2.13 bits per heavy atom. The van der Waals surface area contributed by atoms with Crippen LogP contribution in [0.15, 0.2) is 57.8 Å². The molecule has 3 aromatic carbocycles. The SMILES string of the molecule is O=C(C=Cc1ccc(O)c(O)c1)OC[C@H]1O[C@@H](Oc2c(O)cc3oc(-c4ccc(O)c(O)c4)c(O)c(=O)c3c2O)[C@H](O)[C@@H](O)[C@@H]1O. The number of rotatable bonds is 7. The first kappa shape index (κ1) is 31.7. The fraction of sp³-hybridized carbons (Fsp3) is 0.200. The van der Waals surface area contributed by atoms with Crippen molar-refractivity contribution in [3.05, 3.63) is 64.3 Å². The second-order valence-electron chi connectivity index (χ2n) is 10.1. The molecule has 1 aliphatic heterocycles. The first-order valence-electron chi connectivity index (χ1n) is 13.3. The molecule has 0 unspecified atom stereocenters. The molecule has 1 aromatic heterocycles. The fourth-order valence-corrected chi connectivity index (χ4v) is 4.56. The minimum absolute atomic E-state index is 0.0423. The van der Waals surface area contributed by atoms with Gasteiger partial charge in [-0.05, 0) is 42.0 Å². The summed E-state index contributed by atoms with van der Waals surface area (Å²) in [5.74, 6) is -7.08. The lowest BCUT2D eigenvalue weighted by Gasteiger charge is -2.39. The van der Waals surface area contributed by atoms with Crippen LogP contribution in [0.1, 0.15) is 5.56 Å². The van der Waals surface area contributed by atoms with Gasteiger partial charge in [0, 0.05) is 17.7 Å². The van der Waals surface area contributed by atoms with Crippen molar-refractivity contribution in [2.75, 3.05) is 6.61 Å². The van der Waals surface area contributed by atoms with Crippen LogP contribution in [0.2, 0.25) is 0 Å². The highest BCUT2D eigenvalue weighted by Crippen LogP contribution is 2.45. The van der Waals surface area contributed by atoms with Gasteiger partial charge in [0.15, 0.2) is 40.3 Å². The molecule has 1 saturated heterocycles. The van der Waals surface area contributed by atoms with Gasteiger partial charge in [0.1, 0.15) is 42.0 Å². The van der Waals surface area contributed by atoms with Gasteiger partial charge in [-0.2, -0.15) is 0 Å². The molecule has 16 heteroatoms. The number of aliphatic hydroxyl groups excluding tert-OH is 3. The third kappa shape index (κ3) is 6.00. The molecule has 4 aromatic rings. The molecular formula is C30H26O16. The number of fused-ring (bicyclic) bond motifs is 1. The summed E-state index contributed by atoms with van der Waals surface area (Å²) in [5.41, 5.74) is -1.36. The summed E-state index contributed by atoms with van der Waals surface area (Å²) in [6.07, 6.45) is -6.97. The van der Waals surface area contributed by atoms with E-state index in [9.17, 15) is 60.7 Å². The van der Waals surface area contributed by atoms with E-state index in [1.807, 2.05) is 0 Å². The van der Waals surface area contributed by atoms with E-state index in [0.29, 0.717) is 5.56 Å². The number of hydrogen-bond acceptors (Lipinski definition) is 16. The van der Waals surface area contributed by atoms with E-state index >= 15 is 0 Å². The van der Waals surface area contributed by atoms with Gasteiger partial charge < -0.3 is 69.7 Å². The van der Waals surface area contributed by atoms with Gasteiger partial charge in [0.25, 0.3) is 0 Å². The molecule has 0 radical (unpaired) electrons. The third-order valence-corrected chi connectivity index (χ3v) is 7.01. The molecule has 2 heterocycles. The first-order chi connectivity index (χ1) is 21.8. The highest BCUT2D eigenvalue weighted by Gasteiger charge is 2.46. The maximum atomic E-state index is 13.0. The van der Waals surface area contributed by atoms with Crippen molar-refractivity contribution < 1.29 is 74.5 Å². The highest BCUT2D eigenvalue weighted by molar-refractivity contribution is 5.91. The van der Waals surface area contributed by atoms with Crippen LogP contribution in [0.3, 0.4) is 0 Å². The number of carbonyl (C=O) groups excluding carboxylic acids is 1. The molecule has 242 valence electrons. The van der Waals surface area contributed by atoms with Crippen molar-refractivity contribution in [1.29, 1.82) is 0 Å². The summed E-state index contributed by atoms with van der Waals surface area (Å²) in [5, 5.41) is 101. The average molecular weight is 643 g/mol. The summed E-state index contributed by atoms with van der Waals surface area (Å²) in [6.45, 7) is -0.683. The number of esters is 1. The summed E-state index contributed by atoms with van der Waals surface area (Å²) in [6, 6.07) is 7.87. The smallest absolute Gasteiger partial charge is 0.330 e. The molecule has 0 saturated carbocycles.